The summed E-state index contributed by atoms with van der Waals surface area (Å²) in [5.41, 5.74) is 1.71. The lowest BCUT2D eigenvalue weighted by Gasteiger charge is -2.22. The Kier molecular flexibility index (Phi) is 6.44. The molecule has 0 aliphatic carbocycles. The van der Waals surface area contributed by atoms with E-state index >= 15 is 0 Å². The molecule has 2 aromatic rings. The Morgan fingerprint density at radius 1 is 1.31 bits per heavy atom. The Morgan fingerprint density at radius 2 is 2.12 bits per heavy atom. The Bertz CT molecular complexity index is 702. The lowest BCUT2D eigenvalue weighted by atomic mass is 10.2. The highest BCUT2D eigenvalue weighted by Crippen LogP contribution is 2.25. The molecule has 1 aliphatic heterocycles. The number of urea groups is 1. The van der Waals surface area contributed by atoms with Gasteiger partial charge < -0.3 is 19.7 Å². The van der Waals surface area contributed by atoms with Crippen molar-refractivity contribution >= 4 is 11.7 Å². The lowest BCUT2D eigenvalue weighted by Crippen LogP contribution is -2.34. The molecule has 6 heteroatoms. The van der Waals surface area contributed by atoms with Gasteiger partial charge in [-0.15, -0.1) is 0 Å². The van der Waals surface area contributed by atoms with Crippen molar-refractivity contribution in [1.29, 1.82) is 0 Å². The molecule has 1 aromatic carbocycles. The van der Waals surface area contributed by atoms with Crippen LogP contribution in [0.5, 0.6) is 5.75 Å². The van der Waals surface area contributed by atoms with Gasteiger partial charge in [0, 0.05) is 32.1 Å². The van der Waals surface area contributed by atoms with Gasteiger partial charge >= 0.3 is 6.03 Å². The number of amides is 2. The first-order valence-corrected chi connectivity index (χ1v) is 9.04. The highest BCUT2D eigenvalue weighted by Gasteiger charge is 2.18. The quantitative estimate of drug-likeness (QED) is 0.823. The second kappa shape index (κ2) is 9.20. The topological polar surface area (TPSA) is 63.7 Å². The molecule has 0 unspecified atom stereocenters. The molecule has 2 heterocycles. The summed E-state index contributed by atoms with van der Waals surface area (Å²) in [4.78, 5) is 18.4. The molecule has 0 bridgehead atoms. The Balaban J connectivity index is 1.62. The number of ether oxygens (including phenoxy) is 2. The summed E-state index contributed by atoms with van der Waals surface area (Å²) < 4.78 is 11.5. The zero-order valence-corrected chi connectivity index (χ0v) is 15.1. The molecule has 26 heavy (non-hydrogen) atoms. The predicted octanol–water partition coefficient (Wildman–Crippen LogP) is 3.69. The second-order valence-corrected chi connectivity index (χ2v) is 6.24. The molecule has 6 nitrogen and oxygen atoms in total. The third-order valence-electron chi connectivity index (χ3n) is 4.37. The molecule has 2 amide bonds. The third kappa shape index (κ3) is 4.95. The minimum absolute atomic E-state index is 0.137. The van der Waals surface area contributed by atoms with E-state index in [0.29, 0.717) is 31.1 Å². The maximum atomic E-state index is 12.7. The highest BCUT2D eigenvalue weighted by atomic mass is 16.5. The summed E-state index contributed by atoms with van der Waals surface area (Å²) in [6.45, 7) is 4.39. The number of aromatic nitrogens is 1. The van der Waals surface area contributed by atoms with Crippen molar-refractivity contribution in [2.24, 2.45) is 0 Å². The molecule has 0 saturated carbocycles. The number of rotatable bonds is 7. The van der Waals surface area contributed by atoms with Gasteiger partial charge in [-0.1, -0.05) is 12.1 Å². The van der Waals surface area contributed by atoms with Crippen molar-refractivity contribution in [2.45, 2.75) is 32.4 Å². The number of hydrogen-bond donors (Lipinski definition) is 1. The van der Waals surface area contributed by atoms with Gasteiger partial charge in [-0.2, -0.15) is 0 Å². The molecule has 0 spiro atoms. The standard InChI is InChI=1S/C20H25N3O3/c1-2-23(14-16-9-11-21-12-10-16)20(24)22-18-7-3-4-8-19(18)26-15-17-6-5-13-25-17/h3-4,7-12,17H,2,5-6,13-15H2,1H3,(H,22,24)/t17-/m1/s1. The van der Waals surface area contributed by atoms with E-state index < -0.39 is 0 Å². The lowest BCUT2D eigenvalue weighted by molar-refractivity contribution is 0.0682. The number of nitrogens with one attached hydrogen (secondary N) is 1. The second-order valence-electron chi connectivity index (χ2n) is 6.24. The molecule has 1 saturated heterocycles. The van der Waals surface area contributed by atoms with E-state index in [9.17, 15) is 4.79 Å². The Hall–Kier alpha value is -2.60. The minimum atomic E-state index is -0.155. The summed E-state index contributed by atoms with van der Waals surface area (Å²) >= 11 is 0. The molecular formula is C20H25N3O3. The predicted molar refractivity (Wildman–Crippen MR) is 100 cm³/mol. The van der Waals surface area contributed by atoms with E-state index in [1.54, 1.807) is 17.3 Å². The van der Waals surface area contributed by atoms with Crippen LogP contribution in [0.4, 0.5) is 10.5 Å². The molecule has 1 atom stereocenters. The van der Waals surface area contributed by atoms with Crippen LogP contribution < -0.4 is 10.1 Å². The van der Waals surface area contributed by atoms with Gasteiger partial charge in [0.15, 0.2) is 0 Å². The molecule has 1 fully saturated rings. The summed E-state index contributed by atoms with van der Waals surface area (Å²) in [7, 11) is 0. The van der Waals surface area contributed by atoms with Crippen LogP contribution >= 0.6 is 0 Å². The van der Waals surface area contributed by atoms with E-state index in [1.807, 2.05) is 43.3 Å². The fraction of sp³-hybridized carbons (Fsp3) is 0.400. The number of anilines is 1. The SMILES string of the molecule is CCN(Cc1ccncc1)C(=O)Nc1ccccc1OC[C@H]1CCCO1. The molecule has 1 aromatic heterocycles. The van der Waals surface area contributed by atoms with Crippen LogP contribution in [-0.4, -0.2) is 41.8 Å². The number of carbonyl (C=O) groups is 1. The largest absolute Gasteiger partial charge is 0.489 e. The summed E-state index contributed by atoms with van der Waals surface area (Å²) in [6, 6.07) is 11.2. The van der Waals surface area contributed by atoms with Crippen molar-refractivity contribution in [1.82, 2.24) is 9.88 Å². The van der Waals surface area contributed by atoms with Crippen LogP contribution in [0.2, 0.25) is 0 Å². The maximum Gasteiger partial charge on any atom is 0.322 e. The van der Waals surface area contributed by atoms with Crippen LogP contribution in [0, 0.1) is 0 Å². The van der Waals surface area contributed by atoms with Crippen LogP contribution in [-0.2, 0) is 11.3 Å². The van der Waals surface area contributed by atoms with E-state index in [2.05, 4.69) is 10.3 Å². The molecule has 1 N–H and O–H groups in total. The third-order valence-corrected chi connectivity index (χ3v) is 4.37. The van der Waals surface area contributed by atoms with Crippen molar-refractivity contribution in [3.05, 3.63) is 54.4 Å². The van der Waals surface area contributed by atoms with E-state index in [4.69, 9.17) is 9.47 Å². The van der Waals surface area contributed by atoms with Gasteiger partial charge in [-0.05, 0) is 49.6 Å². The number of benzene rings is 1. The Labute approximate surface area is 154 Å². The molecule has 138 valence electrons. The number of para-hydroxylation sites is 2. The van der Waals surface area contributed by atoms with Gasteiger partial charge in [0.25, 0.3) is 0 Å². The minimum Gasteiger partial charge on any atom is -0.489 e. The Morgan fingerprint density at radius 3 is 2.85 bits per heavy atom. The summed E-state index contributed by atoms with van der Waals surface area (Å²) in [6.07, 6.45) is 5.69. The average Bonchev–Trinajstić information content (AvgIpc) is 3.20. The maximum absolute atomic E-state index is 12.7. The summed E-state index contributed by atoms with van der Waals surface area (Å²) in [5.74, 6) is 0.663. The first kappa shape index (κ1) is 18.2. The number of nitrogens with zero attached hydrogens (tertiary/aromatic N) is 2. The van der Waals surface area contributed by atoms with Gasteiger partial charge in [0.05, 0.1) is 11.8 Å². The zero-order valence-electron chi connectivity index (χ0n) is 15.1. The van der Waals surface area contributed by atoms with Gasteiger partial charge in [-0.3, -0.25) is 4.98 Å². The fourth-order valence-electron chi connectivity index (χ4n) is 2.88. The number of pyridine rings is 1. The van der Waals surface area contributed by atoms with E-state index in [0.717, 1.165) is 25.0 Å². The fourth-order valence-corrected chi connectivity index (χ4v) is 2.88. The van der Waals surface area contributed by atoms with Crippen LogP contribution in [0.25, 0.3) is 0 Å². The molecule has 1 aliphatic rings. The van der Waals surface area contributed by atoms with Gasteiger partial charge in [0.1, 0.15) is 12.4 Å². The van der Waals surface area contributed by atoms with E-state index in [-0.39, 0.29) is 12.1 Å². The van der Waals surface area contributed by atoms with E-state index in [1.165, 1.54) is 0 Å². The number of hydrogen-bond acceptors (Lipinski definition) is 4. The van der Waals surface area contributed by atoms with Gasteiger partial charge in [-0.25, -0.2) is 4.79 Å². The highest BCUT2D eigenvalue weighted by molar-refractivity contribution is 5.90. The monoisotopic (exact) mass is 355 g/mol. The van der Waals surface area contributed by atoms with Crippen LogP contribution in [0.1, 0.15) is 25.3 Å². The molecular weight excluding hydrogens is 330 g/mol. The smallest absolute Gasteiger partial charge is 0.322 e. The van der Waals surface area contributed by atoms with Crippen molar-refractivity contribution in [3.8, 4) is 5.75 Å². The van der Waals surface area contributed by atoms with Crippen molar-refractivity contribution in [2.75, 3.05) is 25.1 Å². The molecule has 3 rings (SSSR count). The summed E-state index contributed by atoms with van der Waals surface area (Å²) in [5, 5.41) is 2.96. The number of carbonyl (C=O) groups excluding carboxylic acids is 1. The molecule has 0 radical (unpaired) electrons. The normalized spacial score (nSPS) is 16.3. The van der Waals surface area contributed by atoms with Crippen LogP contribution in [0.3, 0.4) is 0 Å². The average molecular weight is 355 g/mol. The first-order chi connectivity index (χ1) is 12.8. The van der Waals surface area contributed by atoms with Crippen molar-refractivity contribution in [3.63, 3.8) is 0 Å². The zero-order chi connectivity index (χ0) is 18.2. The van der Waals surface area contributed by atoms with Crippen molar-refractivity contribution < 1.29 is 14.3 Å². The first-order valence-electron chi connectivity index (χ1n) is 9.04. The van der Waals surface area contributed by atoms with Gasteiger partial charge in [0.2, 0.25) is 0 Å². The van der Waals surface area contributed by atoms with Crippen LogP contribution in [0.15, 0.2) is 48.8 Å².